The first-order chi connectivity index (χ1) is 15.4. The van der Waals surface area contributed by atoms with Gasteiger partial charge in [-0.25, -0.2) is 13.2 Å². The lowest BCUT2D eigenvalue weighted by Crippen LogP contribution is -2.48. The molecular weight excluding hydrogens is 428 g/mol. The predicted octanol–water partition coefficient (Wildman–Crippen LogP) is 3.69. The molecule has 2 aromatic carbocycles. The maximum atomic E-state index is 12.8. The van der Waals surface area contributed by atoms with Crippen molar-refractivity contribution in [3.8, 4) is 11.3 Å². The number of hydrogen-bond acceptors (Lipinski definition) is 5. The molecule has 0 unspecified atom stereocenters. The average Bonchev–Trinajstić information content (AvgIpc) is 3.38. The number of fused-ring (bicyclic) bond motifs is 2. The fraction of sp³-hybridized carbons (Fsp3) is 0.304. The molecule has 0 bridgehead atoms. The van der Waals surface area contributed by atoms with Gasteiger partial charge < -0.3 is 9.32 Å². The van der Waals surface area contributed by atoms with E-state index in [1.807, 2.05) is 54.6 Å². The van der Waals surface area contributed by atoms with Crippen LogP contribution in [0.1, 0.15) is 18.4 Å². The molecule has 3 heterocycles. The van der Waals surface area contributed by atoms with Crippen molar-refractivity contribution in [3.63, 3.8) is 0 Å². The lowest BCUT2D eigenvalue weighted by atomic mass is 9.74. The van der Waals surface area contributed by atoms with Crippen LogP contribution in [0.15, 0.2) is 65.3 Å². The number of aromatic nitrogens is 1. The molecular formula is C23H24N4O4S. The lowest BCUT2D eigenvalue weighted by molar-refractivity contribution is 0.173. The fourth-order valence-electron chi connectivity index (χ4n) is 4.69. The van der Waals surface area contributed by atoms with Crippen molar-refractivity contribution in [2.75, 3.05) is 35.5 Å². The van der Waals surface area contributed by atoms with Crippen molar-refractivity contribution in [1.29, 1.82) is 0 Å². The minimum atomic E-state index is -3.36. The second-order valence-corrected chi connectivity index (χ2v) is 10.3. The smallest absolute Gasteiger partial charge is 0.325 e. The molecule has 32 heavy (non-hydrogen) atoms. The molecule has 2 amide bonds. The number of anilines is 2. The highest BCUT2D eigenvalue weighted by atomic mass is 32.2. The molecule has 3 aromatic rings. The first-order valence-corrected chi connectivity index (χ1v) is 12.3. The highest BCUT2D eigenvalue weighted by Crippen LogP contribution is 2.47. The number of carbonyl (C=O) groups is 1. The highest BCUT2D eigenvalue weighted by molar-refractivity contribution is 7.92. The van der Waals surface area contributed by atoms with Gasteiger partial charge in [0.1, 0.15) is 12.0 Å². The number of amides is 2. The summed E-state index contributed by atoms with van der Waals surface area (Å²) in [5.41, 5.74) is 3.08. The number of nitrogens with zero attached hydrogens (tertiary/aromatic N) is 3. The second kappa shape index (κ2) is 7.67. The zero-order valence-corrected chi connectivity index (χ0v) is 18.5. The minimum absolute atomic E-state index is 0.156. The summed E-state index contributed by atoms with van der Waals surface area (Å²) in [5, 5.41) is 2.74. The van der Waals surface area contributed by atoms with E-state index in [-0.39, 0.29) is 17.5 Å². The van der Waals surface area contributed by atoms with Gasteiger partial charge in [-0.3, -0.25) is 9.62 Å². The summed E-state index contributed by atoms with van der Waals surface area (Å²) in [4.78, 5) is 18.9. The summed E-state index contributed by atoms with van der Waals surface area (Å²) in [5.74, 6) is 0. The van der Waals surface area contributed by atoms with Crippen LogP contribution in [0.25, 0.3) is 11.3 Å². The van der Waals surface area contributed by atoms with E-state index in [2.05, 4.69) is 10.3 Å². The van der Waals surface area contributed by atoms with Crippen molar-refractivity contribution in [3.05, 3.63) is 66.4 Å². The van der Waals surface area contributed by atoms with Crippen LogP contribution < -0.4 is 9.62 Å². The quantitative estimate of drug-likeness (QED) is 0.654. The van der Waals surface area contributed by atoms with Crippen LogP contribution in [0.5, 0.6) is 0 Å². The van der Waals surface area contributed by atoms with Crippen LogP contribution in [0.2, 0.25) is 0 Å². The average molecular weight is 453 g/mol. The summed E-state index contributed by atoms with van der Waals surface area (Å²) >= 11 is 0. The van der Waals surface area contributed by atoms with Gasteiger partial charge in [-0.2, -0.15) is 4.98 Å². The monoisotopic (exact) mass is 452 g/mol. The van der Waals surface area contributed by atoms with E-state index in [0.29, 0.717) is 38.2 Å². The van der Waals surface area contributed by atoms with Gasteiger partial charge in [-0.1, -0.05) is 48.5 Å². The lowest BCUT2D eigenvalue weighted by Gasteiger charge is -2.39. The number of carbonyl (C=O) groups excluding carboxylic acids is 1. The number of oxazole rings is 1. The predicted molar refractivity (Wildman–Crippen MR) is 122 cm³/mol. The maximum Gasteiger partial charge on any atom is 0.325 e. The Morgan fingerprint density at radius 2 is 1.75 bits per heavy atom. The molecule has 2 aliphatic rings. The zero-order valence-electron chi connectivity index (χ0n) is 17.7. The molecule has 1 fully saturated rings. The Balaban J connectivity index is 1.27. The minimum Gasteiger partial charge on any atom is -0.431 e. The van der Waals surface area contributed by atoms with E-state index >= 15 is 0 Å². The molecule has 0 aliphatic carbocycles. The van der Waals surface area contributed by atoms with E-state index in [1.165, 1.54) is 16.8 Å². The van der Waals surface area contributed by atoms with Gasteiger partial charge in [0.15, 0.2) is 0 Å². The summed E-state index contributed by atoms with van der Waals surface area (Å²) in [6, 6.07) is 17.2. The van der Waals surface area contributed by atoms with Crippen LogP contribution in [-0.4, -0.2) is 50.2 Å². The third-order valence-corrected chi connectivity index (χ3v) is 7.51. The van der Waals surface area contributed by atoms with Crippen molar-refractivity contribution < 1.29 is 17.6 Å². The highest BCUT2D eigenvalue weighted by Gasteiger charge is 2.47. The molecule has 1 saturated heterocycles. The van der Waals surface area contributed by atoms with E-state index in [1.54, 1.807) is 4.90 Å². The van der Waals surface area contributed by atoms with Gasteiger partial charge in [-0.05, 0) is 24.5 Å². The standard InChI is InChI=1S/C23H24N4O4S/c1-32(29,30)27-16-23(18-9-5-6-10-20(18)27)11-13-26(14-12-23)22(28)25-21-24-19(15-31-21)17-7-3-2-4-8-17/h2-10,15H,11-14,16H2,1H3,(H,24,25,28). The Morgan fingerprint density at radius 3 is 2.47 bits per heavy atom. The number of nitrogens with one attached hydrogen (secondary N) is 1. The first-order valence-electron chi connectivity index (χ1n) is 10.5. The Morgan fingerprint density at radius 1 is 1.06 bits per heavy atom. The van der Waals surface area contributed by atoms with Gasteiger partial charge in [0.25, 0.3) is 0 Å². The molecule has 2 aliphatic heterocycles. The van der Waals surface area contributed by atoms with Crippen LogP contribution in [-0.2, 0) is 15.4 Å². The molecule has 166 valence electrons. The molecule has 5 rings (SSSR count). The number of hydrogen-bond donors (Lipinski definition) is 1. The van der Waals surface area contributed by atoms with E-state index < -0.39 is 10.0 Å². The van der Waals surface area contributed by atoms with Gasteiger partial charge in [0.2, 0.25) is 10.0 Å². The molecule has 9 heteroatoms. The molecule has 1 N–H and O–H groups in total. The largest absolute Gasteiger partial charge is 0.431 e. The van der Waals surface area contributed by atoms with Gasteiger partial charge >= 0.3 is 12.0 Å². The zero-order chi connectivity index (χ0) is 22.3. The number of urea groups is 1. The Hall–Kier alpha value is -3.33. The van der Waals surface area contributed by atoms with Crippen LogP contribution in [0, 0.1) is 0 Å². The number of para-hydroxylation sites is 1. The van der Waals surface area contributed by atoms with Crippen LogP contribution in [0.4, 0.5) is 16.5 Å². The third kappa shape index (κ3) is 3.62. The topological polar surface area (TPSA) is 95.8 Å². The molecule has 8 nitrogen and oxygen atoms in total. The molecule has 0 atom stereocenters. The first kappa shape index (κ1) is 20.6. The molecule has 0 radical (unpaired) electrons. The Labute approximate surface area is 186 Å². The maximum absolute atomic E-state index is 12.8. The van der Waals surface area contributed by atoms with Crippen molar-refractivity contribution in [2.45, 2.75) is 18.3 Å². The second-order valence-electron chi connectivity index (χ2n) is 8.39. The Bertz CT molecular complexity index is 1250. The SMILES string of the molecule is CS(=O)(=O)N1CC2(CCN(C(=O)Nc3nc(-c4ccccc4)co3)CC2)c2ccccc21. The summed E-state index contributed by atoms with van der Waals surface area (Å²) in [6.45, 7) is 1.45. The van der Waals surface area contributed by atoms with E-state index in [4.69, 9.17) is 4.42 Å². The van der Waals surface area contributed by atoms with Crippen molar-refractivity contribution in [1.82, 2.24) is 9.88 Å². The van der Waals surface area contributed by atoms with E-state index in [0.717, 1.165) is 16.8 Å². The summed E-state index contributed by atoms with van der Waals surface area (Å²) in [7, 11) is -3.36. The fourth-order valence-corrected chi connectivity index (χ4v) is 5.69. The number of piperidine rings is 1. The number of rotatable bonds is 3. The van der Waals surface area contributed by atoms with Crippen LogP contribution in [0.3, 0.4) is 0 Å². The summed E-state index contributed by atoms with van der Waals surface area (Å²) in [6.07, 6.45) is 4.13. The molecule has 1 spiro atoms. The normalized spacial score (nSPS) is 17.4. The van der Waals surface area contributed by atoms with Gasteiger partial charge in [-0.15, -0.1) is 0 Å². The number of sulfonamides is 1. The van der Waals surface area contributed by atoms with Gasteiger partial charge in [0, 0.05) is 30.6 Å². The Kier molecular flexibility index (Phi) is 4.93. The number of likely N-dealkylation sites (tertiary alicyclic amines) is 1. The third-order valence-electron chi connectivity index (χ3n) is 6.39. The molecule has 1 aromatic heterocycles. The molecule has 0 saturated carbocycles. The van der Waals surface area contributed by atoms with Crippen LogP contribution >= 0.6 is 0 Å². The summed E-state index contributed by atoms with van der Waals surface area (Å²) < 4.78 is 31.6. The van der Waals surface area contributed by atoms with Gasteiger partial charge in [0.05, 0.1) is 11.9 Å². The van der Waals surface area contributed by atoms with Crippen molar-refractivity contribution in [2.24, 2.45) is 0 Å². The van der Waals surface area contributed by atoms with E-state index in [9.17, 15) is 13.2 Å². The van der Waals surface area contributed by atoms with Crippen molar-refractivity contribution >= 4 is 27.8 Å². The number of benzene rings is 2.